The van der Waals surface area contributed by atoms with Crippen LogP contribution in [0.25, 0.3) is 0 Å². The van der Waals surface area contributed by atoms with E-state index in [4.69, 9.17) is 0 Å². The Morgan fingerprint density at radius 2 is 2.60 bits per heavy atom. The molecule has 0 aliphatic carbocycles. The third-order valence-corrected chi connectivity index (χ3v) is 1.27. The second kappa shape index (κ2) is 2.55. The highest BCUT2D eigenvalue weighted by Gasteiger charge is 2.28. The van der Waals surface area contributed by atoms with E-state index in [-0.39, 0.29) is 5.91 Å². The summed E-state index contributed by atoms with van der Waals surface area (Å²) in [4.78, 5) is 20.9. The first-order valence-electron chi connectivity index (χ1n) is 2.86. The number of β-lactam (4-membered cyclic amide) rings is 1. The lowest BCUT2D eigenvalue weighted by molar-refractivity contribution is -0.128. The van der Waals surface area contributed by atoms with Gasteiger partial charge in [0, 0.05) is 6.54 Å². The number of carbonyl (C=O) groups is 2. The molecule has 5 heteroatoms. The molecule has 0 spiro atoms. The van der Waals surface area contributed by atoms with Gasteiger partial charge in [-0.05, 0) is 0 Å². The van der Waals surface area contributed by atoms with Crippen LogP contribution < -0.4 is 10.6 Å². The monoisotopic (exact) mass is 144 g/mol. The Morgan fingerprint density at radius 1 is 1.90 bits per heavy atom. The SMILES string of the molecule is COC(=O)N[C@H]1CNC1=O. The number of amides is 2. The summed E-state index contributed by atoms with van der Waals surface area (Å²) in [5, 5.41) is 4.82. The van der Waals surface area contributed by atoms with Crippen LogP contribution in [0.4, 0.5) is 4.79 Å². The number of alkyl carbamates (subject to hydrolysis) is 1. The Balaban J connectivity index is 2.25. The number of hydrogen-bond acceptors (Lipinski definition) is 3. The fourth-order valence-corrected chi connectivity index (χ4v) is 0.605. The minimum absolute atomic E-state index is 0.162. The highest BCUT2D eigenvalue weighted by Crippen LogP contribution is 1.92. The molecule has 2 N–H and O–H groups in total. The minimum Gasteiger partial charge on any atom is -0.453 e. The molecule has 1 fully saturated rings. The van der Waals surface area contributed by atoms with Gasteiger partial charge in [-0.1, -0.05) is 0 Å². The van der Waals surface area contributed by atoms with Crippen LogP contribution in [-0.2, 0) is 9.53 Å². The smallest absolute Gasteiger partial charge is 0.407 e. The molecule has 0 radical (unpaired) electrons. The molecule has 0 unspecified atom stereocenters. The summed E-state index contributed by atoms with van der Waals surface area (Å²) < 4.78 is 4.27. The summed E-state index contributed by atoms with van der Waals surface area (Å²) in [5.41, 5.74) is 0. The Bertz CT molecular complexity index is 168. The lowest BCUT2D eigenvalue weighted by Gasteiger charge is -2.25. The number of ether oxygens (including phenoxy) is 1. The van der Waals surface area contributed by atoms with Crippen LogP contribution in [0.1, 0.15) is 0 Å². The molecule has 1 atom stereocenters. The number of methoxy groups -OCH3 is 1. The predicted molar refractivity (Wildman–Crippen MR) is 32.3 cm³/mol. The molecule has 5 nitrogen and oxygen atoms in total. The van der Waals surface area contributed by atoms with Crippen molar-refractivity contribution < 1.29 is 14.3 Å². The normalized spacial score (nSPS) is 22.5. The number of nitrogens with one attached hydrogen (secondary N) is 2. The van der Waals surface area contributed by atoms with E-state index in [9.17, 15) is 9.59 Å². The average Bonchev–Trinajstić information content (AvgIpc) is 1.96. The summed E-state index contributed by atoms with van der Waals surface area (Å²) in [6.45, 7) is 0.494. The van der Waals surface area contributed by atoms with E-state index in [0.717, 1.165) is 0 Å². The van der Waals surface area contributed by atoms with E-state index in [2.05, 4.69) is 15.4 Å². The van der Waals surface area contributed by atoms with Gasteiger partial charge in [0.05, 0.1) is 7.11 Å². The molecule has 0 bridgehead atoms. The number of carbonyl (C=O) groups excluding carboxylic acids is 2. The third kappa shape index (κ3) is 1.18. The predicted octanol–water partition coefficient (Wildman–Crippen LogP) is -1.16. The first-order valence-corrected chi connectivity index (χ1v) is 2.86. The van der Waals surface area contributed by atoms with E-state index < -0.39 is 12.1 Å². The van der Waals surface area contributed by atoms with Gasteiger partial charge in [-0.2, -0.15) is 0 Å². The molecule has 1 rings (SSSR count). The molecule has 1 aliphatic rings. The third-order valence-electron chi connectivity index (χ3n) is 1.27. The fourth-order valence-electron chi connectivity index (χ4n) is 0.605. The molecule has 0 aromatic carbocycles. The molecule has 0 saturated carbocycles. The lowest BCUT2D eigenvalue weighted by atomic mass is 10.2. The zero-order valence-electron chi connectivity index (χ0n) is 5.51. The molecule has 56 valence electrons. The highest BCUT2D eigenvalue weighted by atomic mass is 16.5. The highest BCUT2D eigenvalue weighted by molar-refractivity contribution is 5.90. The van der Waals surface area contributed by atoms with Crippen molar-refractivity contribution in [3.05, 3.63) is 0 Å². The van der Waals surface area contributed by atoms with E-state index in [1.807, 2.05) is 0 Å². The molecular weight excluding hydrogens is 136 g/mol. The van der Waals surface area contributed by atoms with Crippen LogP contribution in [0, 0.1) is 0 Å². The first-order chi connectivity index (χ1) is 4.74. The van der Waals surface area contributed by atoms with Gasteiger partial charge >= 0.3 is 6.09 Å². The van der Waals surface area contributed by atoms with Gasteiger partial charge in [0.2, 0.25) is 5.91 Å². The lowest BCUT2D eigenvalue weighted by Crippen LogP contribution is -2.61. The zero-order valence-corrected chi connectivity index (χ0v) is 5.51. The minimum atomic E-state index is -0.570. The molecule has 1 heterocycles. The summed E-state index contributed by atoms with van der Waals surface area (Å²) >= 11 is 0. The largest absolute Gasteiger partial charge is 0.453 e. The summed E-state index contributed by atoms with van der Waals surface area (Å²) in [6, 6.07) is -0.396. The maximum Gasteiger partial charge on any atom is 0.407 e. The Kier molecular flexibility index (Phi) is 1.75. The first kappa shape index (κ1) is 6.85. The van der Waals surface area contributed by atoms with Crippen LogP contribution in [0.3, 0.4) is 0 Å². The van der Waals surface area contributed by atoms with Gasteiger partial charge in [0.1, 0.15) is 6.04 Å². The number of hydrogen-bond donors (Lipinski definition) is 2. The van der Waals surface area contributed by atoms with E-state index in [1.165, 1.54) is 7.11 Å². The van der Waals surface area contributed by atoms with Crippen molar-refractivity contribution in [1.82, 2.24) is 10.6 Å². The quantitative estimate of drug-likeness (QED) is 0.456. The van der Waals surface area contributed by atoms with Gasteiger partial charge in [-0.3, -0.25) is 4.79 Å². The molecule has 10 heavy (non-hydrogen) atoms. The maximum absolute atomic E-state index is 10.5. The Labute approximate surface area is 57.7 Å². The van der Waals surface area contributed by atoms with Crippen LogP contribution in [0.15, 0.2) is 0 Å². The second-order valence-electron chi connectivity index (χ2n) is 1.93. The van der Waals surface area contributed by atoms with Crippen molar-refractivity contribution in [2.45, 2.75) is 6.04 Å². The summed E-state index contributed by atoms with van der Waals surface area (Å²) in [7, 11) is 1.26. The average molecular weight is 144 g/mol. The zero-order chi connectivity index (χ0) is 7.56. The Hall–Kier alpha value is -1.26. The van der Waals surface area contributed by atoms with Crippen LogP contribution in [-0.4, -0.2) is 31.7 Å². The van der Waals surface area contributed by atoms with Crippen LogP contribution in [0.5, 0.6) is 0 Å². The van der Waals surface area contributed by atoms with Crippen molar-refractivity contribution in [1.29, 1.82) is 0 Å². The van der Waals surface area contributed by atoms with Crippen molar-refractivity contribution >= 4 is 12.0 Å². The molecule has 1 aliphatic heterocycles. The molecule has 1 saturated heterocycles. The molecule has 0 aromatic rings. The van der Waals surface area contributed by atoms with Crippen molar-refractivity contribution in [3.8, 4) is 0 Å². The van der Waals surface area contributed by atoms with Crippen molar-refractivity contribution in [2.75, 3.05) is 13.7 Å². The maximum atomic E-state index is 10.5. The van der Waals surface area contributed by atoms with E-state index >= 15 is 0 Å². The molecule has 2 amide bonds. The van der Waals surface area contributed by atoms with E-state index in [1.54, 1.807) is 0 Å². The fraction of sp³-hybridized carbons (Fsp3) is 0.600. The standard InChI is InChI=1S/C5H8N2O3/c1-10-5(9)7-3-2-6-4(3)8/h3H,2H2,1H3,(H,6,8)(H,7,9)/t3-/m0/s1. The molecular formula is C5H8N2O3. The van der Waals surface area contributed by atoms with Gasteiger partial charge < -0.3 is 15.4 Å². The van der Waals surface area contributed by atoms with Gasteiger partial charge in [0.25, 0.3) is 0 Å². The van der Waals surface area contributed by atoms with Crippen molar-refractivity contribution in [3.63, 3.8) is 0 Å². The van der Waals surface area contributed by atoms with E-state index in [0.29, 0.717) is 6.54 Å². The van der Waals surface area contributed by atoms with Gasteiger partial charge in [-0.25, -0.2) is 4.79 Å². The van der Waals surface area contributed by atoms with Crippen molar-refractivity contribution in [2.24, 2.45) is 0 Å². The number of rotatable bonds is 1. The van der Waals surface area contributed by atoms with Crippen LogP contribution >= 0.6 is 0 Å². The summed E-state index contributed by atoms with van der Waals surface area (Å²) in [5.74, 6) is -0.162. The topological polar surface area (TPSA) is 67.4 Å². The van der Waals surface area contributed by atoms with Gasteiger partial charge in [-0.15, -0.1) is 0 Å². The second-order valence-corrected chi connectivity index (χ2v) is 1.93. The summed E-state index contributed by atoms with van der Waals surface area (Å²) in [6.07, 6.45) is -0.570. The van der Waals surface area contributed by atoms with Crippen LogP contribution in [0.2, 0.25) is 0 Å². The molecule has 0 aromatic heterocycles. The van der Waals surface area contributed by atoms with Gasteiger partial charge in [0.15, 0.2) is 0 Å². The Morgan fingerprint density at radius 3 is 2.90 bits per heavy atom.